The van der Waals surface area contributed by atoms with Gasteiger partial charge in [-0.05, 0) is 18.4 Å². The fourth-order valence-electron chi connectivity index (χ4n) is 3.95. The third-order valence-corrected chi connectivity index (χ3v) is 7.40. The Balaban J connectivity index is 1.53. The topological polar surface area (TPSA) is 114 Å². The van der Waals surface area contributed by atoms with Crippen molar-refractivity contribution in [3.05, 3.63) is 46.1 Å². The number of nitriles is 1. The van der Waals surface area contributed by atoms with Crippen molar-refractivity contribution in [2.75, 3.05) is 11.6 Å². The summed E-state index contributed by atoms with van der Waals surface area (Å²) in [6.45, 7) is 0. The molecule has 1 aliphatic rings. The zero-order chi connectivity index (χ0) is 21.8. The zero-order valence-electron chi connectivity index (χ0n) is 17.0. The highest BCUT2D eigenvalue weighted by atomic mass is 32.2. The molecule has 0 radical (unpaired) electrons. The first-order valence-corrected chi connectivity index (χ1v) is 12.1. The third kappa shape index (κ3) is 4.45. The minimum absolute atomic E-state index is 0.0372. The quantitative estimate of drug-likeness (QED) is 0.264. The van der Waals surface area contributed by atoms with Crippen LogP contribution in [0.4, 0.5) is 0 Å². The van der Waals surface area contributed by atoms with E-state index < -0.39 is 5.54 Å². The smallest absolute Gasteiger partial charge is 0.282 e. The molecule has 2 heterocycles. The number of benzene rings is 1. The number of fused-ring (bicyclic) bond motifs is 1. The Kier molecular flexibility index (Phi) is 6.30. The number of nitrogen functional groups attached to an aromatic ring is 1. The van der Waals surface area contributed by atoms with Gasteiger partial charge in [0.1, 0.15) is 10.4 Å². The lowest BCUT2D eigenvalue weighted by atomic mass is 9.92. The average Bonchev–Trinajstić information content (AvgIpc) is 3.08. The number of nitrogens with one attached hydrogen (secondary N) is 1. The minimum atomic E-state index is -0.799. The van der Waals surface area contributed by atoms with Crippen molar-refractivity contribution in [2.45, 2.75) is 49.2 Å². The first-order chi connectivity index (χ1) is 15.0. The molecule has 1 saturated carbocycles. The van der Waals surface area contributed by atoms with Gasteiger partial charge in [-0.25, -0.2) is 9.66 Å². The van der Waals surface area contributed by atoms with Gasteiger partial charge in [0.25, 0.3) is 5.56 Å². The molecule has 1 fully saturated rings. The molecule has 0 unspecified atom stereocenters. The normalized spacial score (nSPS) is 15.8. The first kappa shape index (κ1) is 21.4. The van der Waals surface area contributed by atoms with Gasteiger partial charge in [-0.2, -0.15) is 5.26 Å². The Morgan fingerprint density at radius 2 is 1.97 bits per heavy atom. The summed E-state index contributed by atoms with van der Waals surface area (Å²) in [4.78, 5) is 30.6. The predicted molar refractivity (Wildman–Crippen MR) is 124 cm³/mol. The molecule has 7 nitrogen and oxygen atoms in total. The largest absolute Gasteiger partial charge is 0.337 e. The molecule has 0 atom stereocenters. The predicted octanol–water partition coefficient (Wildman–Crippen LogP) is 3.66. The summed E-state index contributed by atoms with van der Waals surface area (Å²) >= 11 is 2.48. The number of thioether (sulfide) groups is 1. The van der Waals surface area contributed by atoms with E-state index in [-0.39, 0.29) is 22.4 Å². The molecule has 31 heavy (non-hydrogen) atoms. The molecule has 1 aliphatic carbocycles. The van der Waals surface area contributed by atoms with E-state index >= 15 is 0 Å². The summed E-state index contributed by atoms with van der Waals surface area (Å²) in [5, 5.41) is 15.2. The first-order valence-electron chi connectivity index (χ1n) is 10.2. The lowest BCUT2D eigenvalue weighted by Crippen LogP contribution is -2.47. The average molecular weight is 454 g/mol. The van der Waals surface area contributed by atoms with Crippen molar-refractivity contribution in [1.29, 1.82) is 5.26 Å². The fourth-order valence-corrected chi connectivity index (χ4v) is 5.65. The second-order valence-corrected chi connectivity index (χ2v) is 9.51. The van der Waals surface area contributed by atoms with E-state index in [4.69, 9.17) is 5.84 Å². The van der Waals surface area contributed by atoms with Crippen molar-refractivity contribution in [1.82, 2.24) is 15.0 Å². The van der Waals surface area contributed by atoms with Crippen LogP contribution in [0.15, 0.2) is 45.7 Å². The number of rotatable bonds is 5. The standard InChI is InChI=1S/C22H23N5O2S2/c23-14-22(10-6-1-2-7-11-22)26-17(28)13-31-21-25-19-18(20(29)27(21)24)16(12-30-19)15-8-4-3-5-9-15/h3-5,8-9,12H,1-2,6-7,10-11,13,24H2,(H,26,28). The van der Waals surface area contributed by atoms with Gasteiger partial charge in [0, 0.05) is 10.9 Å². The lowest BCUT2D eigenvalue weighted by Gasteiger charge is -2.26. The fraction of sp³-hybridized carbons (Fsp3) is 0.364. The SMILES string of the molecule is N#CC1(NC(=O)CSc2nc3scc(-c4ccccc4)c3c(=O)n2N)CCCCCC1. The van der Waals surface area contributed by atoms with Crippen LogP contribution in [0.2, 0.25) is 0 Å². The molecule has 3 aromatic rings. The van der Waals surface area contributed by atoms with Crippen LogP contribution in [0.25, 0.3) is 21.3 Å². The maximum atomic E-state index is 12.9. The van der Waals surface area contributed by atoms with Gasteiger partial charge < -0.3 is 11.2 Å². The summed E-state index contributed by atoms with van der Waals surface area (Å²) < 4.78 is 1.01. The Bertz CT molecular complexity index is 1190. The highest BCUT2D eigenvalue weighted by molar-refractivity contribution is 7.99. The van der Waals surface area contributed by atoms with E-state index in [1.807, 2.05) is 35.7 Å². The molecule has 9 heteroatoms. The summed E-state index contributed by atoms with van der Waals surface area (Å²) in [6, 6.07) is 11.9. The molecule has 0 aliphatic heterocycles. The molecule has 4 rings (SSSR count). The monoisotopic (exact) mass is 453 g/mol. The van der Waals surface area contributed by atoms with Gasteiger partial charge in [0.15, 0.2) is 5.16 Å². The Labute approximate surface area is 188 Å². The van der Waals surface area contributed by atoms with Gasteiger partial charge >= 0.3 is 0 Å². The number of carbonyl (C=O) groups is 1. The van der Waals surface area contributed by atoms with Gasteiger partial charge in [-0.15, -0.1) is 11.3 Å². The van der Waals surface area contributed by atoms with Crippen LogP contribution in [0.1, 0.15) is 38.5 Å². The van der Waals surface area contributed by atoms with Crippen LogP contribution in [0.3, 0.4) is 0 Å². The van der Waals surface area contributed by atoms with Crippen LogP contribution >= 0.6 is 23.1 Å². The minimum Gasteiger partial charge on any atom is -0.337 e. The van der Waals surface area contributed by atoms with Crippen molar-refractivity contribution in [3.8, 4) is 17.2 Å². The van der Waals surface area contributed by atoms with E-state index in [1.165, 1.54) is 11.3 Å². The van der Waals surface area contributed by atoms with Gasteiger partial charge in [0.05, 0.1) is 17.2 Å². The number of nitrogens with zero attached hydrogens (tertiary/aromatic N) is 3. The second-order valence-electron chi connectivity index (χ2n) is 7.71. The summed E-state index contributed by atoms with van der Waals surface area (Å²) in [5.74, 6) is 5.83. The molecule has 3 N–H and O–H groups in total. The molecule has 160 valence electrons. The third-order valence-electron chi connectivity index (χ3n) is 5.57. The van der Waals surface area contributed by atoms with E-state index in [1.54, 1.807) is 0 Å². The van der Waals surface area contributed by atoms with E-state index in [9.17, 15) is 14.9 Å². The maximum Gasteiger partial charge on any atom is 0.282 e. The molecule has 0 spiro atoms. The van der Waals surface area contributed by atoms with E-state index in [2.05, 4.69) is 16.4 Å². The number of amides is 1. The summed E-state index contributed by atoms with van der Waals surface area (Å²) in [7, 11) is 0. The van der Waals surface area contributed by atoms with Crippen molar-refractivity contribution in [2.24, 2.45) is 0 Å². The Hall–Kier alpha value is -2.83. The zero-order valence-corrected chi connectivity index (χ0v) is 18.6. The molecule has 0 saturated heterocycles. The van der Waals surface area contributed by atoms with Crippen LogP contribution in [-0.4, -0.2) is 26.9 Å². The number of carbonyl (C=O) groups excluding carboxylic acids is 1. The Morgan fingerprint density at radius 3 is 2.65 bits per heavy atom. The lowest BCUT2D eigenvalue weighted by molar-refractivity contribution is -0.120. The van der Waals surface area contributed by atoms with Crippen LogP contribution in [0.5, 0.6) is 0 Å². The van der Waals surface area contributed by atoms with Gasteiger partial charge in [0.2, 0.25) is 5.91 Å². The molecule has 1 aromatic carbocycles. The van der Waals surface area contributed by atoms with Crippen LogP contribution < -0.4 is 16.7 Å². The van der Waals surface area contributed by atoms with Gasteiger partial charge in [-0.1, -0.05) is 67.8 Å². The highest BCUT2D eigenvalue weighted by Gasteiger charge is 2.32. The molecule has 0 bridgehead atoms. The molecular formula is C22H23N5O2S2. The van der Waals surface area contributed by atoms with E-state index in [0.29, 0.717) is 23.1 Å². The summed E-state index contributed by atoms with van der Waals surface area (Å²) in [6.07, 6.45) is 5.38. The van der Waals surface area contributed by atoms with Crippen molar-refractivity contribution < 1.29 is 4.79 Å². The maximum absolute atomic E-state index is 12.9. The number of nitrogens with two attached hydrogens (primary N) is 1. The van der Waals surface area contributed by atoms with Crippen LogP contribution in [-0.2, 0) is 4.79 Å². The number of hydrogen-bond donors (Lipinski definition) is 2. The number of thiophene rings is 1. The van der Waals surface area contributed by atoms with Gasteiger partial charge in [-0.3, -0.25) is 9.59 Å². The second kappa shape index (κ2) is 9.12. The molecule has 2 aromatic heterocycles. The molecular weight excluding hydrogens is 430 g/mol. The van der Waals surface area contributed by atoms with Crippen molar-refractivity contribution in [3.63, 3.8) is 0 Å². The molecule has 1 amide bonds. The number of aromatic nitrogens is 2. The Morgan fingerprint density at radius 1 is 1.26 bits per heavy atom. The highest BCUT2D eigenvalue weighted by Crippen LogP contribution is 2.32. The van der Waals surface area contributed by atoms with Crippen molar-refractivity contribution >= 4 is 39.2 Å². The van der Waals surface area contributed by atoms with Crippen LogP contribution in [0, 0.1) is 11.3 Å². The summed E-state index contributed by atoms with van der Waals surface area (Å²) in [5.41, 5.74) is 0.588. The number of hydrogen-bond acceptors (Lipinski definition) is 7. The van der Waals surface area contributed by atoms with E-state index in [0.717, 1.165) is 53.2 Å².